The molecule has 0 atom stereocenters. The van der Waals surface area contributed by atoms with E-state index in [4.69, 9.17) is 19.6 Å². The Balaban J connectivity index is 1.29. The third kappa shape index (κ3) is 5.19. The predicted octanol–water partition coefficient (Wildman–Crippen LogP) is 5.44. The van der Waals surface area contributed by atoms with Gasteiger partial charge in [-0.3, -0.25) is 10.2 Å². The minimum absolute atomic E-state index is 0.0265. The van der Waals surface area contributed by atoms with Crippen molar-refractivity contribution in [1.29, 1.82) is 5.41 Å². The van der Waals surface area contributed by atoms with Gasteiger partial charge >= 0.3 is 0 Å². The molecule has 0 unspecified atom stereocenters. The first-order chi connectivity index (χ1) is 18.4. The van der Waals surface area contributed by atoms with Gasteiger partial charge in [-0.15, -0.1) is 0 Å². The van der Waals surface area contributed by atoms with Gasteiger partial charge in [0.25, 0.3) is 5.91 Å². The topological polar surface area (TPSA) is 96.6 Å². The van der Waals surface area contributed by atoms with Crippen LogP contribution in [0.15, 0.2) is 82.4 Å². The molecule has 5 rings (SSSR count). The highest BCUT2D eigenvalue weighted by Gasteiger charge is 2.36. The Morgan fingerprint density at radius 1 is 0.947 bits per heavy atom. The van der Waals surface area contributed by atoms with E-state index in [1.54, 1.807) is 31.4 Å². The van der Waals surface area contributed by atoms with Gasteiger partial charge in [-0.2, -0.15) is 15.1 Å². The van der Waals surface area contributed by atoms with Crippen LogP contribution in [0.3, 0.4) is 0 Å². The zero-order valence-corrected chi connectivity index (χ0v) is 22.0. The summed E-state index contributed by atoms with van der Waals surface area (Å²) in [6.07, 6.45) is 1.61. The Morgan fingerprint density at radius 3 is 2.42 bits per heavy atom. The van der Waals surface area contributed by atoms with Crippen LogP contribution in [0, 0.1) is 19.3 Å². The number of ether oxygens (including phenoxy) is 3. The lowest BCUT2D eigenvalue weighted by Gasteiger charge is -2.20. The molecule has 2 aliphatic rings. The number of hydrogen-bond acceptors (Lipinski definition) is 7. The lowest BCUT2D eigenvalue weighted by molar-refractivity contribution is -0.114. The molecule has 3 aromatic rings. The van der Waals surface area contributed by atoms with Crippen molar-refractivity contribution in [3.8, 4) is 17.2 Å². The normalized spacial score (nSPS) is 15.8. The Bertz CT molecular complexity index is 1480. The molecule has 0 radical (unpaired) electrons. The van der Waals surface area contributed by atoms with Crippen LogP contribution in [0.25, 0.3) is 6.08 Å². The summed E-state index contributed by atoms with van der Waals surface area (Å²) in [5.41, 5.74) is 3.87. The molecule has 0 bridgehead atoms. The summed E-state index contributed by atoms with van der Waals surface area (Å²) in [6, 6.07) is 21.0. The van der Waals surface area contributed by atoms with Crippen LogP contribution < -0.4 is 14.2 Å². The minimum Gasteiger partial charge on any atom is -0.493 e. The van der Waals surface area contributed by atoms with Crippen LogP contribution in [0.5, 0.6) is 17.2 Å². The monoisotopic (exact) mass is 526 g/mol. The van der Waals surface area contributed by atoms with Gasteiger partial charge in [0.05, 0.1) is 12.7 Å². The number of fused-ring (bicyclic) bond motifs is 1. The molecule has 0 saturated heterocycles. The average Bonchev–Trinajstić information content (AvgIpc) is 3.35. The first kappa shape index (κ1) is 25.3. The number of benzene rings is 3. The summed E-state index contributed by atoms with van der Waals surface area (Å²) in [4.78, 5) is 17.0. The van der Waals surface area contributed by atoms with E-state index >= 15 is 0 Å². The predicted molar refractivity (Wildman–Crippen MR) is 150 cm³/mol. The molecular formula is C29H26N4O4S. The summed E-state index contributed by atoms with van der Waals surface area (Å²) >= 11 is 1.27. The van der Waals surface area contributed by atoms with Crippen molar-refractivity contribution >= 4 is 39.8 Å². The van der Waals surface area contributed by atoms with Gasteiger partial charge in [-0.1, -0.05) is 54.6 Å². The van der Waals surface area contributed by atoms with E-state index in [1.807, 2.05) is 62.4 Å². The van der Waals surface area contributed by atoms with Crippen molar-refractivity contribution in [3.63, 3.8) is 0 Å². The molecule has 192 valence electrons. The van der Waals surface area contributed by atoms with E-state index in [9.17, 15) is 4.79 Å². The zero-order valence-electron chi connectivity index (χ0n) is 21.2. The van der Waals surface area contributed by atoms with E-state index in [1.165, 1.54) is 16.8 Å². The molecule has 3 aromatic carbocycles. The highest BCUT2D eigenvalue weighted by atomic mass is 32.2. The summed E-state index contributed by atoms with van der Waals surface area (Å²) < 4.78 is 17.3. The largest absolute Gasteiger partial charge is 0.493 e. The van der Waals surface area contributed by atoms with Crippen molar-refractivity contribution in [2.24, 2.45) is 10.1 Å². The number of rotatable bonds is 8. The van der Waals surface area contributed by atoms with Crippen LogP contribution in [0.1, 0.15) is 22.3 Å². The molecule has 2 aliphatic heterocycles. The number of para-hydroxylation sites is 1. The number of aliphatic imine (C=N–C) groups is 1. The van der Waals surface area contributed by atoms with Crippen molar-refractivity contribution in [2.75, 3.05) is 20.3 Å². The van der Waals surface area contributed by atoms with Crippen LogP contribution in [0.2, 0.25) is 0 Å². The van der Waals surface area contributed by atoms with Gasteiger partial charge in [0.15, 0.2) is 17.3 Å². The van der Waals surface area contributed by atoms with Crippen LogP contribution in [-0.2, 0) is 4.79 Å². The summed E-state index contributed by atoms with van der Waals surface area (Å²) in [7, 11) is 1.55. The molecule has 0 aliphatic carbocycles. The fourth-order valence-electron chi connectivity index (χ4n) is 4.07. The highest BCUT2D eigenvalue weighted by Crippen LogP contribution is 2.33. The molecule has 0 spiro atoms. The maximum atomic E-state index is 12.8. The molecule has 1 N–H and O–H groups in total. The second kappa shape index (κ2) is 10.9. The summed E-state index contributed by atoms with van der Waals surface area (Å²) in [5, 5.41) is 15.6. The number of methoxy groups -OCH3 is 1. The molecule has 2 heterocycles. The van der Waals surface area contributed by atoms with E-state index in [-0.39, 0.29) is 11.4 Å². The van der Waals surface area contributed by atoms with E-state index in [0.717, 1.165) is 22.4 Å². The molecule has 9 heteroatoms. The second-order valence-corrected chi connectivity index (χ2v) is 9.58. The van der Waals surface area contributed by atoms with Gasteiger partial charge < -0.3 is 14.2 Å². The fraction of sp³-hybridized carbons (Fsp3) is 0.172. The molecule has 0 saturated carbocycles. The SMILES string of the molecule is COc1cc(/C=C2/C(=N)N3N=C(c4ccccc4)SC3=NC2=O)ccc1OCCOc1c(C)cccc1C. The van der Waals surface area contributed by atoms with Gasteiger partial charge in [0, 0.05) is 5.56 Å². The van der Waals surface area contributed by atoms with Crippen molar-refractivity contribution in [1.82, 2.24) is 5.01 Å². The molecule has 0 fully saturated rings. The maximum Gasteiger partial charge on any atom is 0.283 e. The zero-order chi connectivity index (χ0) is 26.6. The smallest absolute Gasteiger partial charge is 0.283 e. The molecule has 1 amide bonds. The number of amides is 1. The van der Waals surface area contributed by atoms with Crippen LogP contribution >= 0.6 is 11.8 Å². The number of nitrogens with zero attached hydrogens (tertiary/aromatic N) is 3. The number of amidine groups is 2. The second-order valence-electron chi connectivity index (χ2n) is 8.62. The van der Waals surface area contributed by atoms with E-state index in [2.05, 4.69) is 10.1 Å². The van der Waals surface area contributed by atoms with E-state index in [0.29, 0.717) is 40.5 Å². The van der Waals surface area contributed by atoms with Gasteiger partial charge in [0.2, 0.25) is 5.17 Å². The van der Waals surface area contributed by atoms with Crippen LogP contribution in [-0.4, -0.2) is 47.3 Å². The fourth-order valence-corrected chi connectivity index (χ4v) is 4.97. The third-order valence-electron chi connectivity index (χ3n) is 5.97. The Kier molecular flexibility index (Phi) is 7.28. The maximum absolute atomic E-state index is 12.8. The molecule has 0 aromatic heterocycles. The Labute approximate surface area is 225 Å². The van der Waals surface area contributed by atoms with Gasteiger partial charge in [-0.05, 0) is 60.5 Å². The third-order valence-corrected chi connectivity index (χ3v) is 6.93. The minimum atomic E-state index is -0.485. The molecular weight excluding hydrogens is 500 g/mol. The first-order valence-electron chi connectivity index (χ1n) is 12.0. The number of carbonyl (C=O) groups is 1. The first-order valence-corrected chi connectivity index (χ1v) is 12.8. The molecule has 8 nitrogen and oxygen atoms in total. The van der Waals surface area contributed by atoms with Crippen molar-refractivity contribution in [2.45, 2.75) is 13.8 Å². The number of thioether (sulfide) groups is 1. The Morgan fingerprint density at radius 2 is 1.68 bits per heavy atom. The summed E-state index contributed by atoms with van der Waals surface area (Å²) in [5.74, 6) is 1.42. The average molecular weight is 527 g/mol. The Hall–Kier alpha value is -4.37. The van der Waals surface area contributed by atoms with E-state index < -0.39 is 5.91 Å². The number of nitrogens with one attached hydrogen (secondary N) is 1. The highest BCUT2D eigenvalue weighted by molar-refractivity contribution is 8.27. The number of aryl methyl sites for hydroxylation is 2. The number of hydrazone groups is 1. The van der Waals surface area contributed by atoms with Gasteiger partial charge in [0.1, 0.15) is 24.0 Å². The van der Waals surface area contributed by atoms with Crippen LogP contribution in [0.4, 0.5) is 0 Å². The number of carbonyl (C=O) groups excluding carboxylic acids is 1. The lowest BCUT2D eigenvalue weighted by atomic mass is 10.1. The van der Waals surface area contributed by atoms with Crippen molar-refractivity contribution < 1.29 is 19.0 Å². The standard InChI is InChI=1S/C29H26N4O4S/c1-18-8-7-9-19(2)25(18)37-15-14-36-23-13-12-20(17-24(23)35-3)16-22-26(30)33-29(31-27(22)34)38-28(32-33)21-10-5-4-6-11-21/h4-13,16-17,30H,14-15H2,1-3H3/b22-16-,30-26?. The summed E-state index contributed by atoms with van der Waals surface area (Å²) in [6.45, 7) is 4.74. The van der Waals surface area contributed by atoms with Crippen molar-refractivity contribution in [3.05, 3.63) is 94.6 Å². The molecule has 38 heavy (non-hydrogen) atoms. The van der Waals surface area contributed by atoms with Gasteiger partial charge in [-0.25, -0.2) is 0 Å². The number of hydrogen-bond donors (Lipinski definition) is 1. The quantitative estimate of drug-likeness (QED) is 0.310. The lowest BCUT2D eigenvalue weighted by Crippen LogP contribution is -2.35.